The molecule has 0 bridgehead atoms. The number of rotatable bonds is 3. The van der Waals surface area contributed by atoms with Crippen molar-refractivity contribution in [1.29, 1.82) is 0 Å². The van der Waals surface area contributed by atoms with E-state index in [1.54, 1.807) is 0 Å². The van der Waals surface area contributed by atoms with Gasteiger partial charge in [0.05, 0.1) is 18.7 Å². The lowest BCUT2D eigenvalue weighted by Gasteiger charge is -2.38. The minimum Gasteiger partial charge on any atom is -0.465 e. The Morgan fingerprint density at radius 1 is 1.19 bits per heavy atom. The fraction of sp³-hybridized carbons (Fsp3) is 0.348. The second kappa shape index (κ2) is 6.64. The number of allylic oxidation sites excluding steroid dienone is 2. The Morgan fingerprint density at radius 2 is 1.96 bits per heavy atom. The van der Waals surface area contributed by atoms with E-state index in [1.165, 1.54) is 23.8 Å². The van der Waals surface area contributed by atoms with Gasteiger partial charge in [0.15, 0.2) is 0 Å². The summed E-state index contributed by atoms with van der Waals surface area (Å²) >= 11 is 0. The van der Waals surface area contributed by atoms with Gasteiger partial charge in [-0.15, -0.1) is 0 Å². The van der Waals surface area contributed by atoms with E-state index in [9.17, 15) is 4.79 Å². The summed E-state index contributed by atoms with van der Waals surface area (Å²) in [7, 11) is 1.43. The molecule has 1 N–H and O–H groups in total. The van der Waals surface area contributed by atoms with E-state index in [1.807, 2.05) is 13.0 Å². The topological polar surface area (TPSA) is 38.3 Å². The fourth-order valence-electron chi connectivity index (χ4n) is 4.44. The van der Waals surface area contributed by atoms with E-state index in [0.717, 1.165) is 24.1 Å². The molecule has 0 amide bonds. The van der Waals surface area contributed by atoms with Crippen molar-refractivity contribution in [3.8, 4) is 0 Å². The molecule has 0 saturated carbocycles. The third-order valence-electron chi connectivity index (χ3n) is 5.95. The van der Waals surface area contributed by atoms with Crippen LogP contribution in [0.2, 0.25) is 0 Å². The molecule has 4 rings (SSSR count). The van der Waals surface area contributed by atoms with Crippen molar-refractivity contribution in [3.63, 3.8) is 0 Å². The van der Waals surface area contributed by atoms with Crippen molar-refractivity contribution in [1.82, 2.24) is 0 Å². The zero-order valence-electron chi connectivity index (χ0n) is 15.6. The third-order valence-corrected chi connectivity index (χ3v) is 5.95. The summed E-state index contributed by atoms with van der Waals surface area (Å²) in [5.41, 5.74) is 6.66. The Bertz CT molecular complexity index is 867. The number of carbonyl (C=O) groups excluding carboxylic acids is 1. The molecule has 1 aliphatic carbocycles. The van der Waals surface area contributed by atoms with Crippen LogP contribution in [0.1, 0.15) is 57.9 Å². The van der Waals surface area contributed by atoms with Crippen molar-refractivity contribution in [3.05, 3.63) is 76.4 Å². The van der Waals surface area contributed by atoms with E-state index < -0.39 is 0 Å². The summed E-state index contributed by atoms with van der Waals surface area (Å²) in [6, 6.07) is 13.2. The van der Waals surface area contributed by atoms with Gasteiger partial charge in [-0.25, -0.2) is 4.79 Å². The molecule has 3 atom stereocenters. The highest BCUT2D eigenvalue weighted by Gasteiger charge is 2.38. The summed E-state index contributed by atoms with van der Waals surface area (Å²) in [6.45, 7) is 4.19. The maximum atomic E-state index is 12.1. The van der Waals surface area contributed by atoms with Gasteiger partial charge >= 0.3 is 5.97 Å². The molecule has 1 aliphatic heterocycles. The van der Waals surface area contributed by atoms with E-state index >= 15 is 0 Å². The molecule has 0 spiro atoms. The number of anilines is 1. The number of fused-ring (bicyclic) bond motifs is 3. The predicted molar refractivity (Wildman–Crippen MR) is 105 cm³/mol. The Morgan fingerprint density at radius 3 is 2.65 bits per heavy atom. The summed E-state index contributed by atoms with van der Waals surface area (Å²) in [5, 5.41) is 3.76. The molecule has 2 aliphatic rings. The van der Waals surface area contributed by atoms with Crippen molar-refractivity contribution < 1.29 is 9.53 Å². The zero-order valence-corrected chi connectivity index (χ0v) is 15.6. The van der Waals surface area contributed by atoms with Gasteiger partial charge in [0.2, 0.25) is 0 Å². The number of carbonyl (C=O) groups is 1. The molecule has 0 radical (unpaired) electrons. The second-order valence-electron chi connectivity index (χ2n) is 7.26. The van der Waals surface area contributed by atoms with Crippen LogP contribution >= 0.6 is 0 Å². The molecule has 3 nitrogen and oxygen atoms in total. The monoisotopic (exact) mass is 347 g/mol. The maximum absolute atomic E-state index is 12.1. The number of hydrogen-bond donors (Lipinski definition) is 1. The van der Waals surface area contributed by atoms with Gasteiger partial charge in [0.25, 0.3) is 0 Å². The smallest absolute Gasteiger partial charge is 0.338 e. The molecule has 2 aromatic carbocycles. The lowest BCUT2D eigenvalue weighted by atomic mass is 9.76. The van der Waals surface area contributed by atoms with Crippen LogP contribution < -0.4 is 5.32 Å². The van der Waals surface area contributed by atoms with Crippen LogP contribution in [0.15, 0.2) is 48.6 Å². The molecular formula is C23H25NO2. The van der Waals surface area contributed by atoms with E-state index in [0.29, 0.717) is 17.4 Å². The molecule has 134 valence electrons. The first-order valence-corrected chi connectivity index (χ1v) is 9.38. The lowest BCUT2D eigenvalue weighted by Crippen LogP contribution is -2.30. The molecule has 1 heterocycles. The highest BCUT2D eigenvalue weighted by atomic mass is 16.5. The average molecular weight is 347 g/mol. The van der Waals surface area contributed by atoms with Crippen molar-refractivity contribution in [2.75, 3.05) is 12.4 Å². The largest absolute Gasteiger partial charge is 0.465 e. The summed E-state index contributed by atoms with van der Waals surface area (Å²) in [4.78, 5) is 12.1. The van der Waals surface area contributed by atoms with Gasteiger partial charge in [-0.05, 0) is 54.0 Å². The Balaban J connectivity index is 1.78. The number of methoxy groups -OCH3 is 1. The normalized spacial score (nSPS) is 23.1. The molecule has 0 fully saturated rings. The molecule has 3 heteroatoms. The van der Waals surface area contributed by atoms with Crippen molar-refractivity contribution >= 4 is 11.7 Å². The van der Waals surface area contributed by atoms with Crippen LogP contribution in [0.3, 0.4) is 0 Å². The number of esters is 1. The zero-order chi connectivity index (χ0) is 18.3. The van der Waals surface area contributed by atoms with Gasteiger partial charge in [-0.3, -0.25) is 0 Å². The molecule has 26 heavy (non-hydrogen) atoms. The van der Waals surface area contributed by atoms with E-state index in [4.69, 9.17) is 4.74 Å². The lowest BCUT2D eigenvalue weighted by molar-refractivity contribution is 0.0600. The Labute approximate surface area is 155 Å². The standard InChI is InChI=1S/C23H25NO2/c1-4-15-8-10-16(11-9-15)22-19-7-5-6-18(19)20-13-12-17(23(25)26-3)14(2)21(20)24-22/h5-6,8-13,18-19,22,24H,4,7H2,1-3H3/t18-,19+,22-/m0/s1. The van der Waals surface area contributed by atoms with Crippen LogP contribution in [0.25, 0.3) is 0 Å². The van der Waals surface area contributed by atoms with Crippen molar-refractivity contribution in [2.24, 2.45) is 5.92 Å². The Kier molecular flexibility index (Phi) is 4.31. The first-order chi connectivity index (χ1) is 12.6. The quantitative estimate of drug-likeness (QED) is 0.615. The van der Waals surface area contributed by atoms with Crippen LogP contribution in [-0.2, 0) is 11.2 Å². The SMILES string of the molecule is CCc1ccc([C@@H]2Nc3c(ccc(C(=O)OC)c3C)[C@H]3C=CC[C@H]32)cc1. The molecule has 2 aromatic rings. The first-order valence-electron chi connectivity index (χ1n) is 9.38. The predicted octanol–water partition coefficient (Wildman–Crippen LogP) is 5.17. The number of benzene rings is 2. The van der Waals surface area contributed by atoms with Crippen LogP contribution in [0.4, 0.5) is 5.69 Å². The highest BCUT2D eigenvalue weighted by Crippen LogP contribution is 2.51. The average Bonchev–Trinajstić information content (AvgIpc) is 3.17. The minimum absolute atomic E-state index is 0.250. The molecule has 0 saturated heterocycles. The van der Waals surface area contributed by atoms with Gasteiger partial charge < -0.3 is 10.1 Å². The summed E-state index contributed by atoms with van der Waals surface area (Å²) in [5.74, 6) is 0.630. The van der Waals surface area contributed by atoms with E-state index in [-0.39, 0.29) is 12.0 Å². The summed E-state index contributed by atoms with van der Waals surface area (Å²) < 4.78 is 4.95. The molecule has 0 unspecified atom stereocenters. The minimum atomic E-state index is -0.278. The molecule has 0 aromatic heterocycles. The van der Waals surface area contributed by atoms with Gasteiger partial charge in [-0.1, -0.05) is 49.4 Å². The van der Waals surface area contributed by atoms with Crippen molar-refractivity contribution in [2.45, 2.75) is 38.6 Å². The Hall–Kier alpha value is -2.55. The number of hydrogen-bond acceptors (Lipinski definition) is 3. The number of aryl methyl sites for hydroxylation is 1. The number of nitrogens with one attached hydrogen (secondary N) is 1. The van der Waals surface area contributed by atoms with Crippen LogP contribution in [0, 0.1) is 12.8 Å². The fourth-order valence-corrected chi connectivity index (χ4v) is 4.44. The van der Waals surface area contributed by atoms with Gasteiger partial charge in [-0.2, -0.15) is 0 Å². The maximum Gasteiger partial charge on any atom is 0.338 e. The van der Waals surface area contributed by atoms with E-state index in [2.05, 4.69) is 54.7 Å². The molecular weight excluding hydrogens is 322 g/mol. The third kappa shape index (κ3) is 2.63. The number of ether oxygens (including phenoxy) is 1. The highest BCUT2D eigenvalue weighted by molar-refractivity contribution is 5.93. The van der Waals surface area contributed by atoms with Crippen LogP contribution in [-0.4, -0.2) is 13.1 Å². The van der Waals surface area contributed by atoms with Crippen LogP contribution in [0.5, 0.6) is 0 Å². The van der Waals surface area contributed by atoms with Gasteiger partial charge in [0, 0.05) is 11.6 Å². The summed E-state index contributed by atoms with van der Waals surface area (Å²) in [6.07, 6.45) is 6.75. The second-order valence-corrected chi connectivity index (χ2v) is 7.26. The first kappa shape index (κ1) is 16.9. The van der Waals surface area contributed by atoms with Gasteiger partial charge in [0.1, 0.15) is 0 Å².